The van der Waals surface area contributed by atoms with Crippen molar-refractivity contribution >= 4 is 33.2 Å². The number of nitro groups is 1. The van der Waals surface area contributed by atoms with Gasteiger partial charge in [-0.05, 0) is 28.1 Å². The maximum atomic E-state index is 11.6. The zero-order chi connectivity index (χ0) is 14.4. The van der Waals surface area contributed by atoms with E-state index in [1.807, 2.05) is 13.8 Å². The van der Waals surface area contributed by atoms with E-state index in [9.17, 15) is 14.9 Å². The van der Waals surface area contributed by atoms with Crippen LogP contribution in [0.25, 0.3) is 0 Å². The summed E-state index contributed by atoms with van der Waals surface area (Å²) in [5.74, 6) is -0.176. The third kappa shape index (κ3) is 5.35. The molecule has 0 aliphatic rings. The van der Waals surface area contributed by atoms with Crippen molar-refractivity contribution in [1.29, 1.82) is 0 Å². The van der Waals surface area contributed by atoms with Crippen molar-refractivity contribution in [1.82, 2.24) is 5.32 Å². The Balaban J connectivity index is 2.60. The zero-order valence-electron chi connectivity index (χ0n) is 10.8. The van der Waals surface area contributed by atoms with Crippen LogP contribution in [0.4, 0.5) is 11.4 Å². The van der Waals surface area contributed by atoms with Crippen LogP contribution < -0.4 is 10.6 Å². The molecule has 19 heavy (non-hydrogen) atoms. The zero-order valence-corrected chi connectivity index (χ0v) is 12.4. The Morgan fingerprint density at radius 2 is 2.16 bits per heavy atom. The van der Waals surface area contributed by atoms with Crippen molar-refractivity contribution in [2.45, 2.75) is 26.3 Å². The van der Waals surface area contributed by atoms with E-state index in [-0.39, 0.29) is 11.6 Å². The van der Waals surface area contributed by atoms with Crippen LogP contribution in [0.3, 0.4) is 0 Å². The van der Waals surface area contributed by atoms with Gasteiger partial charge < -0.3 is 10.6 Å². The molecule has 1 amide bonds. The number of halogens is 1. The van der Waals surface area contributed by atoms with Gasteiger partial charge >= 0.3 is 0 Å². The van der Waals surface area contributed by atoms with E-state index < -0.39 is 4.92 Å². The van der Waals surface area contributed by atoms with Crippen molar-refractivity contribution in [3.8, 4) is 0 Å². The van der Waals surface area contributed by atoms with Gasteiger partial charge in [0.15, 0.2) is 0 Å². The first-order chi connectivity index (χ1) is 8.90. The number of carbonyl (C=O) groups is 1. The molecule has 0 spiro atoms. The van der Waals surface area contributed by atoms with Gasteiger partial charge in [-0.2, -0.15) is 0 Å². The summed E-state index contributed by atoms with van der Waals surface area (Å²) >= 11 is 3.09. The second-order valence-electron chi connectivity index (χ2n) is 4.33. The first-order valence-corrected chi connectivity index (χ1v) is 6.66. The monoisotopic (exact) mass is 329 g/mol. The molecule has 1 aromatic carbocycles. The van der Waals surface area contributed by atoms with Crippen molar-refractivity contribution in [3.05, 3.63) is 32.8 Å². The van der Waals surface area contributed by atoms with Gasteiger partial charge in [0.1, 0.15) is 0 Å². The molecule has 104 valence electrons. The van der Waals surface area contributed by atoms with Gasteiger partial charge in [-0.3, -0.25) is 14.9 Å². The molecule has 0 aliphatic heterocycles. The highest BCUT2D eigenvalue weighted by atomic mass is 79.9. The first-order valence-electron chi connectivity index (χ1n) is 5.87. The number of hydrogen-bond acceptors (Lipinski definition) is 4. The summed E-state index contributed by atoms with van der Waals surface area (Å²) in [6, 6.07) is 4.81. The summed E-state index contributed by atoms with van der Waals surface area (Å²) in [6.07, 6.45) is 0.321. The highest BCUT2D eigenvalue weighted by Gasteiger charge is 2.13. The molecular weight excluding hydrogens is 314 g/mol. The molecule has 0 saturated carbocycles. The molecule has 1 aromatic rings. The highest BCUT2D eigenvalue weighted by Crippen LogP contribution is 2.27. The quantitative estimate of drug-likeness (QED) is 0.620. The van der Waals surface area contributed by atoms with Crippen LogP contribution in [0, 0.1) is 10.1 Å². The van der Waals surface area contributed by atoms with Gasteiger partial charge in [0, 0.05) is 30.8 Å². The molecule has 0 fully saturated rings. The van der Waals surface area contributed by atoms with Crippen molar-refractivity contribution < 1.29 is 9.72 Å². The van der Waals surface area contributed by atoms with Crippen LogP contribution >= 0.6 is 15.9 Å². The number of nitrogens with one attached hydrogen (secondary N) is 2. The summed E-state index contributed by atoms with van der Waals surface area (Å²) in [5, 5.41) is 16.5. The average Bonchev–Trinajstić information content (AvgIpc) is 2.30. The Labute approximate surface area is 119 Å². The molecule has 0 aromatic heterocycles. The fourth-order valence-corrected chi connectivity index (χ4v) is 1.82. The first kappa shape index (κ1) is 15.6. The normalized spacial score (nSPS) is 10.5. The largest absolute Gasteiger partial charge is 0.326 e. The van der Waals surface area contributed by atoms with Crippen molar-refractivity contribution in [2.24, 2.45) is 0 Å². The van der Waals surface area contributed by atoms with Gasteiger partial charge in [-0.1, -0.05) is 13.8 Å². The van der Waals surface area contributed by atoms with Gasteiger partial charge in [0.2, 0.25) is 5.91 Å². The molecule has 6 nitrogen and oxygen atoms in total. The number of anilines is 1. The lowest BCUT2D eigenvalue weighted by molar-refractivity contribution is -0.385. The Morgan fingerprint density at radius 3 is 2.74 bits per heavy atom. The number of rotatable bonds is 6. The third-order valence-corrected chi connectivity index (χ3v) is 3.00. The Morgan fingerprint density at radius 1 is 1.47 bits per heavy atom. The lowest BCUT2D eigenvalue weighted by atomic mass is 10.2. The molecule has 2 N–H and O–H groups in total. The van der Waals surface area contributed by atoms with Crippen LogP contribution in [-0.4, -0.2) is 23.4 Å². The van der Waals surface area contributed by atoms with E-state index in [2.05, 4.69) is 26.6 Å². The van der Waals surface area contributed by atoms with E-state index in [1.54, 1.807) is 12.1 Å². The summed E-state index contributed by atoms with van der Waals surface area (Å²) < 4.78 is 0.386. The average molecular weight is 330 g/mol. The van der Waals surface area contributed by atoms with Crippen LogP contribution in [0.2, 0.25) is 0 Å². The molecule has 0 atom stereocenters. The summed E-state index contributed by atoms with van der Waals surface area (Å²) in [4.78, 5) is 21.9. The predicted molar refractivity (Wildman–Crippen MR) is 77.2 cm³/mol. The number of hydrogen-bond donors (Lipinski definition) is 2. The van der Waals surface area contributed by atoms with E-state index >= 15 is 0 Å². The van der Waals surface area contributed by atoms with E-state index in [1.165, 1.54) is 6.07 Å². The van der Waals surface area contributed by atoms with Gasteiger partial charge in [0.25, 0.3) is 5.69 Å². The van der Waals surface area contributed by atoms with Crippen LogP contribution in [0.5, 0.6) is 0 Å². The molecule has 0 unspecified atom stereocenters. The molecule has 0 saturated heterocycles. The number of nitro benzene ring substituents is 1. The lowest BCUT2D eigenvalue weighted by Crippen LogP contribution is -2.27. The molecule has 7 heteroatoms. The number of amides is 1. The van der Waals surface area contributed by atoms with E-state index in [4.69, 9.17) is 0 Å². The summed E-state index contributed by atoms with van der Waals surface area (Å²) in [7, 11) is 0. The molecule has 0 bridgehead atoms. The molecular formula is C12H16BrN3O3. The molecule has 1 rings (SSSR count). The molecule has 0 radical (unpaired) electrons. The smallest absolute Gasteiger partial charge is 0.285 e. The Kier molecular flexibility index (Phi) is 5.91. The van der Waals surface area contributed by atoms with E-state index in [0.29, 0.717) is 29.2 Å². The minimum Gasteiger partial charge on any atom is -0.326 e. The Bertz CT molecular complexity index is 477. The topological polar surface area (TPSA) is 84.3 Å². The standard InChI is InChI=1S/C12H16BrN3O3/c1-8(2)14-6-5-12(17)15-9-3-4-10(13)11(7-9)16(18)19/h3-4,7-8,14H,5-6H2,1-2H3,(H,15,17). The number of benzene rings is 1. The summed E-state index contributed by atoms with van der Waals surface area (Å²) in [5.41, 5.74) is 0.350. The minimum atomic E-state index is -0.500. The van der Waals surface area contributed by atoms with Crippen molar-refractivity contribution in [2.75, 3.05) is 11.9 Å². The van der Waals surface area contributed by atoms with Gasteiger partial charge in [0.05, 0.1) is 9.40 Å². The number of carbonyl (C=O) groups excluding carboxylic acids is 1. The lowest BCUT2D eigenvalue weighted by Gasteiger charge is -2.08. The third-order valence-electron chi connectivity index (χ3n) is 2.33. The highest BCUT2D eigenvalue weighted by molar-refractivity contribution is 9.10. The maximum Gasteiger partial charge on any atom is 0.285 e. The fourth-order valence-electron chi connectivity index (χ4n) is 1.43. The number of nitrogens with zero attached hydrogens (tertiary/aromatic N) is 1. The van der Waals surface area contributed by atoms with Crippen LogP contribution in [0.15, 0.2) is 22.7 Å². The second kappa shape index (κ2) is 7.20. The minimum absolute atomic E-state index is 0.0712. The predicted octanol–water partition coefficient (Wildman–Crippen LogP) is 2.68. The van der Waals surface area contributed by atoms with Gasteiger partial charge in [-0.25, -0.2) is 0 Å². The second-order valence-corrected chi connectivity index (χ2v) is 5.18. The van der Waals surface area contributed by atoms with Crippen LogP contribution in [-0.2, 0) is 4.79 Å². The van der Waals surface area contributed by atoms with Crippen molar-refractivity contribution in [3.63, 3.8) is 0 Å². The van der Waals surface area contributed by atoms with E-state index in [0.717, 1.165) is 0 Å². The van der Waals surface area contributed by atoms with Gasteiger partial charge in [-0.15, -0.1) is 0 Å². The maximum absolute atomic E-state index is 11.6. The summed E-state index contributed by atoms with van der Waals surface area (Å²) in [6.45, 7) is 4.56. The van der Waals surface area contributed by atoms with Crippen LogP contribution in [0.1, 0.15) is 20.3 Å². The Hall–Kier alpha value is -1.47. The molecule has 0 aliphatic carbocycles. The SMILES string of the molecule is CC(C)NCCC(=O)Nc1ccc(Br)c([N+](=O)[O-])c1. The molecule has 0 heterocycles. The fraction of sp³-hybridized carbons (Fsp3) is 0.417.